The Morgan fingerprint density at radius 2 is 2.10 bits per heavy atom. The van der Waals surface area contributed by atoms with Gasteiger partial charge >= 0.3 is 0 Å². The van der Waals surface area contributed by atoms with E-state index in [1.807, 2.05) is 4.90 Å². The lowest BCUT2D eigenvalue weighted by molar-refractivity contribution is -0.147. The molecule has 1 amide bonds. The highest BCUT2D eigenvalue weighted by Gasteiger charge is 2.31. The summed E-state index contributed by atoms with van der Waals surface area (Å²) in [5.74, 6) is 1.24. The van der Waals surface area contributed by atoms with E-state index in [0.29, 0.717) is 13.2 Å². The van der Waals surface area contributed by atoms with Gasteiger partial charge in [-0.3, -0.25) is 4.79 Å². The first-order chi connectivity index (χ1) is 10.2. The molecule has 0 N–H and O–H groups in total. The summed E-state index contributed by atoms with van der Waals surface area (Å²) in [5.41, 5.74) is 0. The Hall–Kier alpha value is -0.650. The summed E-state index contributed by atoms with van der Waals surface area (Å²) in [6, 6.07) is 0. The van der Waals surface area contributed by atoms with Crippen molar-refractivity contribution in [3.8, 4) is 0 Å². The molecule has 0 radical (unpaired) electrons. The summed E-state index contributed by atoms with van der Waals surface area (Å²) in [6.45, 7) is 5.65. The van der Waals surface area contributed by atoms with Gasteiger partial charge in [0, 0.05) is 32.8 Å². The molecule has 0 aromatic heterocycles. The Labute approximate surface area is 127 Å². The molecule has 3 fully saturated rings. The van der Waals surface area contributed by atoms with Gasteiger partial charge in [-0.1, -0.05) is 0 Å². The minimum Gasteiger partial charge on any atom is -0.381 e. The average Bonchev–Trinajstić information content (AvgIpc) is 3.31. The van der Waals surface area contributed by atoms with Gasteiger partial charge in [0.05, 0.1) is 25.2 Å². The maximum Gasteiger partial charge on any atom is 0.228 e. The van der Waals surface area contributed by atoms with Gasteiger partial charge in [-0.15, -0.1) is 0 Å². The molecule has 5 nitrogen and oxygen atoms in total. The SMILES string of the molecule is CN(CC1CC1)CC1CN(C(=O)C2CCCOC2)CCO1. The van der Waals surface area contributed by atoms with Crippen molar-refractivity contribution in [2.24, 2.45) is 11.8 Å². The van der Waals surface area contributed by atoms with E-state index in [-0.39, 0.29) is 17.9 Å². The largest absolute Gasteiger partial charge is 0.381 e. The van der Waals surface area contributed by atoms with Gasteiger partial charge < -0.3 is 19.3 Å². The second-order valence-electron chi connectivity index (χ2n) is 6.86. The maximum absolute atomic E-state index is 12.5. The van der Waals surface area contributed by atoms with Crippen LogP contribution in [0.4, 0.5) is 0 Å². The molecule has 2 aliphatic heterocycles. The Morgan fingerprint density at radius 1 is 1.24 bits per heavy atom. The van der Waals surface area contributed by atoms with E-state index in [4.69, 9.17) is 9.47 Å². The number of ether oxygens (including phenoxy) is 2. The lowest BCUT2D eigenvalue weighted by atomic mass is 10.00. The molecule has 2 saturated heterocycles. The molecule has 0 aromatic rings. The fourth-order valence-corrected chi connectivity index (χ4v) is 3.39. The zero-order chi connectivity index (χ0) is 14.7. The molecule has 1 saturated carbocycles. The van der Waals surface area contributed by atoms with Gasteiger partial charge in [-0.25, -0.2) is 0 Å². The Morgan fingerprint density at radius 3 is 2.81 bits per heavy atom. The summed E-state index contributed by atoms with van der Waals surface area (Å²) in [7, 11) is 2.16. The summed E-state index contributed by atoms with van der Waals surface area (Å²) >= 11 is 0. The third-order valence-electron chi connectivity index (χ3n) is 4.74. The first-order valence-corrected chi connectivity index (χ1v) is 8.39. The van der Waals surface area contributed by atoms with Crippen molar-refractivity contribution < 1.29 is 14.3 Å². The van der Waals surface area contributed by atoms with E-state index in [0.717, 1.165) is 45.0 Å². The number of rotatable bonds is 5. The van der Waals surface area contributed by atoms with E-state index in [2.05, 4.69) is 11.9 Å². The molecular formula is C16H28N2O3. The van der Waals surface area contributed by atoms with E-state index in [1.54, 1.807) is 0 Å². The van der Waals surface area contributed by atoms with E-state index >= 15 is 0 Å². The minimum absolute atomic E-state index is 0.0710. The van der Waals surface area contributed by atoms with E-state index in [1.165, 1.54) is 19.4 Å². The standard InChI is InChI=1S/C16H28N2O3/c1-17(9-13-4-5-13)10-15-11-18(6-8-21-15)16(19)14-3-2-7-20-12-14/h13-15H,2-12H2,1H3. The number of amides is 1. The second-order valence-corrected chi connectivity index (χ2v) is 6.86. The fourth-order valence-electron chi connectivity index (χ4n) is 3.39. The van der Waals surface area contributed by atoms with Gasteiger partial charge in [-0.2, -0.15) is 0 Å². The molecular weight excluding hydrogens is 268 g/mol. The number of morpholine rings is 1. The van der Waals surface area contributed by atoms with Crippen LogP contribution in [-0.4, -0.2) is 74.9 Å². The highest BCUT2D eigenvalue weighted by molar-refractivity contribution is 5.79. The highest BCUT2D eigenvalue weighted by atomic mass is 16.5. The summed E-state index contributed by atoms with van der Waals surface area (Å²) < 4.78 is 11.3. The van der Waals surface area contributed by atoms with Crippen molar-refractivity contribution >= 4 is 5.91 Å². The molecule has 3 aliphatic rings. The monoisotopic (exact) mass is 296 g/mol. The lowest BCUT2D eigenvalue weighted by Crippen LogP contribution is -2.51. The molecule has 1 aliphatic carbocycles. The number of carbonyl (C=O) groups excluding carboxylic acids is 1. The van der Waals surface area contributed by atoms with Crippen molar-refractivity contribution in [3.05, 3.63) is 0 Å². The first kappa shape index (κ1) is 15.3. The maximum atomic E-state index is 12.5. The van der Waals surface area contributed by atoms with Crippen LogP contribution in [0.15, 0.2) is 0 Å². The molecule has 5 heteroatoms. The molecule has 2 atom stereocenters. The molecule has 3 rings (SSSR count). The van der Waals surface area contributed by atoms with Crippen LogP contribution in [0.5, 0.6) is 0 Å². The smallest absolute Gasteiger partial charge is 0.228 e. The molecule has 0 bridgehead atoms. The third-order valence-corrected chi connectivity index (χ3v) is 4.74. The fraction of sp³-hybridized carbons (Fsp3) is 0.938. The Bertz CT molecular complexity index is 353. The summed E-state index contributed by atoms with van der Waals surface area (Å²) in [6.07, 6.45) is 4.90. The topological polar surface area (TPSA) is 42.0 Å². The number of nitrogens with zero attached hydrogens (tertiary/aromatic N) is 2. The van der Waals surface area contributed by atoms with Crippen LogP contribution in [0, 0.1) is 11.8 Å². The predicted octanol–water partition coefficient (Wildman–Crippen LogP) is 0.982. The van der Waals surface area contributed by atoms with E-state index in [9.17, 15) is 4.79 Å². The zero-order valence-corrected chi connectivity index (χ0v) is 13.1. The van der Waals surface area contributed by atoms with Crippen molar-refractivity contribution in [2.45, 2.75) is 31.8 Å². The van der Waals surface area contributed by atoms with Crippen molar-refractivity contribution in [1.29, 1.82) is 0 Å². The normalized spacial score (nSPS) is 30.7. The van der Waals surface area contributed by atoms with Gasteiger partial charge in [-0.05, 0) is 38.6 Å². The molecule has 120 valence electrons. The predicted molar refractivity (Wildman–Crippen MR) is 80.1 cm³/mol. The highest BCUT2D eigenvalue weighted by Crippen LogP contribution is 2.29. The van der Waals surface area contributed by atoms with Gasteiger partial charge in [0.15, 0.2) is 0 Å². The van der Waals surface area contributed by atoms with Crippen LogP contribution in [-0.2, 0) is 14.3 Å². The quantitative estimate of drug-likeness (QED) is 0.758. The van der Waals surface area contributed by atoms with Crippen LogP contribution in [0.3, 0.4) is 0 Å². The summed E-state index contributed by atoms with van der Waals surface area (Å²) in [4.78, 5) is 16.9. The lowest BCUT2D eigenvalue weighted by Gasteiger charge is -2.37. The average molecular weight is 296 g/mol. The molecule has 0 spiro atoms. The van der Waals surface area contributed by atoms with Crippen LogP contribution >= 0.6 is 0 Å². The minimum atomic E-state index is 0.0710. The Kier molecular flexibility index (Phi) is 5.14. The Balaban J connectivity index is 1.46. The number of carbonyl (C=O) groups is 1. The van der Waals surface area contributed by atoms with Crippen LogP contribution < -0.4 is 0 Å². The van der Waals surface area contributed by atoms with Gasteiger partial charge in [0.25, 0.3) is 0 Å². The zero-order valence-electron chi connectivity index (χ0n) is 13.1. The second kappa shape index (κ2) is 7.07. The number of hydrogen-bond acceptors (Lipinski definition) is 4. The first-order valence-electron chi connectivity index (χ1n) is 8.39. The molecule has 0 aromatic carbocycles. The van der Waals surface area contributed by atoms with E-state index < -0.39 is 0 Å². The van der Waals surface area contributed by atoms with Crippen molar-refractivity contribution in [3.63, 3.8) is 0 Å². The van der Waals surface area contributed by atoms with Crippen LogP contribution in [0.25, 0.3) is 0 Å². The molecule has 21 heavy (non-hydrogen) atoms. The van der Waals surface area contributed by atoms with Crippen molar-refractivity contribution in [2.75, 3.05) is 53.0 Å². The third kappa shape index (κ3) is 4.41. The molecule has 2 unspecified atom stereocenters. The number of hydrogen-bond donors (Lipinski definition) is 0. The number of likely N-dealkylation sites (N-methyl/N-ethyl adjacent to an activating group) is 1. The van der Waals surface area contributed by atoms with Gasteiger partial charge in [0.1, 0.15) is 0 Å². The van der Waals surface area contributed by atoms with Gasteiger partial charge in [0.2, 0.25) is 5.91 Å². The van der Waals surface area contributed by atoms with Crippen LogP contribution in [0.1, 0.15) is 25.7 Å². The molecule has 2 heterocycles. The van der Waals surface area contributed by atoms with Crippen LogP contribution in [0.2, 0.25) is 0 Å². The van der Waals surface area contributed by atoms with Crippen molar-refractivity contribution in [1.82, 2.24) is 9.80 Å². The summed E-state index contributed by atoms with van der Waals surface area (Å²) in [5, 5.41) is 0.